The van der Waals surface area contributed by atoms with E-state index in [1.165, 1.54) is 27.2 Å². The summed E-state index contributed by atoms with van der Waals surface area (Å²) in [6, 6.07) is 26.0. The molecule has 4 aromatic carbocycles. The quantitative estimate of drug-likeness (QED) is 0.248. The lowest BCUT2D eigenvalue weighted by molar-refractivity contribution is 0.00578. The second kappa shape index (κ2) is 6.17. The summed E-state index contributed by atoms with van der Waals surface area (Å²) in [5.74, 6) is 0. The predicted octanol–water partition coefficient (Wildman–Crippen LogP) is 7.04. The van der Waals surface area contributed by atoms with Crippen LogP contribution in [0.2, 0.25) is 0 Å². The van der Waals surface area contributed by atoms with Crippen LogP contribution in [-0.2, 0) is 9.31 Å². The number of furan rings is 1. The zero-order valence-corrected chi connectivity index (χ0v) is 20.2. The first-order valence-corrected chi connectivity index (χ1v) is 12.2. The Bertz CT molecular complexity index is 1960. The molecule has 4 nitrogen and oxygen atoms in total. The highest BCUT2D eigenvalue weighted by atomic mass is 16.7. The van der Waals surface area contributed by atoms with Crippen molar-refractivity contribution in [1.82, 2.24) is 4.40 Å². The average molecular weight is 457 g/mol. The highest BCUT2D eigenvalue weighted by Crippen LogP contribution is 2.43. The maximum atomic E-state index is 6.49. The van der Waals surface area contributed by atoms with Crippen LogP contribution < -0.4 is 5.46 Å². The molecular formula is C30H24BNO3. The molecule has 170 valence electrons. The first-order valence-electron chi connectivity index (χ1n) is 12.2. The summed E-state index contributed by atoms with van der Waals surface area (Å²) in [4.78, 5) is 0. The van der Waals surface area contributed by atoms with Gasteiger partial charge in [0, 0.05) is 21.5 Å². The van der Waals surface area contributed by atoms with Crippen molar-refractivity contribution in [3.8, 4) is 0 Å². The second-order valence-corrected chi connectivity index (χ2v) is 10.8. The molecule has 1 aliphatic heterocycles. The minimum Gasteiger partial charge on any atom is -0.456 e. The van der Waals surface area contributed by atoms with Crippen molar-refractivity contribution in [3.63, 3.8) is 0 Å². The van der Waals surface area contributed by atoms with Gasteiger partial charge in [-0.15, -0.1) is 0 Å². The summed E-state index contributed by atoms with van der Waals surface area (Å²) in [5, 5.41) is 7.16. The van der Waals surface area contributed by atoms with Crippen LogP contribution in [0.3, 0.4) is 0 Å². The Morgan fingerprint density at radius 1 is 0.629 bits per heavy atom. The van der Waals surface area contributed by atoms with Gasteiger partial charge in [0.05, 0.1) is 33.1 Å². The minimum absolute atomic E-state index is 0.409. The Labute approximate surface area is 202 Å². The standard InChI is InChI=1S/C30H24BNO3/c1-29(2)30(3,4)35-31(34-29)17-15-21-20-11-7-10-19-18-9-5-6-12-22(18)32(28(19)20)23-13-8-14-24-27(23)26(21)25(16-17)33-24/h5-16H,1-4H3. The number of hydrogen-bond donors (Lipinski definition) is 0. The first-order chi connectivity index (χ1) is 16.8. The fourth-order valence-electron chi connectivity index (χ4n) is 5.95. The number of hydrogen-bond acceptors (Lipinski definition) is 3. The molecule has 0 amide bonds. The molecule has 0 radical (unpaired) electrons. The summed E-state index contributed by atoms with van der Waals surface area (Å²) < 4.78 is 21.8. The van der Waals surface area contributed by atoms with Gasteiger partial charge in [-0.1, -0.05) is 48.5 Å². The molecule has 1 aliphatic rings. The highest BCUT2D eigenvalue weighted by molar-refractivity contribution is 6.63. The van der Waals surface area contributed by atoms with Crippen molar-refractivity contribution in [2.45, 2.75) is 38.9 Å². The third-order valence-corrected chi connectivity index (χ3v) is 8.35. The molecule has 0 N–H and O–H groups in total. The van der Waals surface area contributed by atoms with Crippen molar-refractivity contribution in [1.29, 1.82) is 0 Å². The number of nitrogens with zero attached hydrogens (tertiary/aromatic N) is 1. The van der Waals surface area contributed by atoms with Crippen LogP contribution in [0.1, 0.15) is 27.7 Å². The van der Waals surface area contributed by atoms with Crippen molar-refractivity contribution >= 4 is 72.6 Å². The van der Waals surface area contributed by atoms with E-state index in [9.17, 15) is 0 Å². The van der Waals surface area contributed by atoms with Crippen molar-refractivity contribution < 1.29 is 13.7 Å². The maximum Gasteiger partial charge on any atom is 0.494 e. The number of fused-ring (bicyclic) bond motifs is 5. The lowest BCUT2D eigenvalue weighted by atomic mass is 9.78. The molecule has 0 unspecified atom stereocenters. The van der Waals surface area contributed by atoms with Gasteiger partial charge in [0.2, 0.25) is 0 Å². The monoisotopic (exact) mass is 457 g/mol. The molecule has 8 rings (SSSR count). The molecule has 5 heteroatoms. The molecular weight excluding hydrogens is 433 g/mol. The molecule has 4 heterocycles. The van der Waals surface area contributed by atoms with Crippen LogP contribution in [0.4, 0.5) is 0 Å². The molecule has 0 atom stereocenters. The first kappa shape index (κ1) is 19.7. The molecule has 0 saturated carbocycles. The Morgan fingerprint density at radius 2 is 1.29 bits per heavy atom. The van der Waals surface area contributed by atoms with E-state index in [-0.39, 0.29) is 0 Å². The summed E-state index contributed by atoms with van der Waals surface area (Å²) in [5.41, 5.74) is 5.50. The molecule has 1 fully saturated rings. The highest BCUT2D eigenvalue weighted by Gasteiger charge is 2.51. The lowest BCUT2D eigenvalue weighted by Crippen LogP contribution is -2.41. The van der Waals surface area contributed by atoms with Crippen LogP contribution in [0, 0.1) is 0 Å². The molecule has 0 spiro atoms. The largest absolute Gasteiger partial charge is 0.494 e. The van der Waals surface area contributed by atoms with Crippen LogP contribution in [0.5, 0.6) is 0 Å². The molecule has 7 aromatic rings. The summed E-state index contributed by atoms with van der Waals surface area (Å²) in [6.07, 6.45) is 0. The van der Waals surface area contributed by atoms with Crippen LogP contribution >= 0.6 is 0 Å². The zero-order chi connectivity index (χ0) is 23.7. The predicted molar refractivity (Wildman–Crippen MR) is 144 cm³/mol. The van der Waals surface area contributed by atoms with E-state index in [0.29, 0.717) is 0 Å². The smallest absolute Gasteiger partial charge is 0.456 e. The fraction of sp³-hybridized carbons (Fsp3) is 0.200. The van der Waals surface area contributed by atoms with Gasteiger partial charge in [-0.2, -0.15) is 0 Å². The van der Waals surface area contributed by atoms with Crippen LogP contribution in [0.15, 0.2) is 77.2 Å². The van der Waals surface area contributed by atoms with Gasteiger partial charge < -0.3 is 18.1 Å². The third-order valence-electron chi connectivity index (χ3n) is 8.35. The number of rotatable bonds is 1. The third kappa shape index (κ3) is 2.35. The van der Waals surface area contributed by atoms with Crippen LogP contribution in [0.25, 0.3) is 60.0 Å². The molecule has 35 heavy (non-hydrogen) atoms. The van der Waals surface area contributed by atoms with Crippen molar-refractivity contribution in [2.24, 2.45) is 0 Å². The SMILES string of the molecule is CC1(C)OB(c2cc3oc4cccc5c4c3c(c2)c2cccc3c4ccccc4n5c23)OC1(C)C. The minimum atomic E-state index is -0.457. The normalized spacial score (nSPS) is 17.9. The Morgan fingerprint density at radius 3 is 2.09 bits per heavy atom. The van der Waals surface area contributed by atoms with E-state index >= 15 is 0 Å². The average Bonchev–Trinajstić information content (AvgIpc) is 3.41. The van der Waals surface area contributed by atoms with Gasteiger partial charge in [-0.3, -0.25) is 0 Å². The van der Waals surface area contributed by atoms with E-state index in [1.807, 2.05) is 0 Å². The second-order valence-electron chi connectivity index (χ2n) is 10.8. The van der Waals surface area contributed by atoms with E-state index in [1.54, 1.807) is 0 Å². The number of aromatic nitrogens is 1. The van der Waals surface area contributed by atoms with Crippen molar-refractivity contribution in [3.05, 3.63) is 72.8 Å². The van der Waals surface area contributed by atoms with Gasteiger partial charge in [-0.05, 0) is 62.8 Å². The Hall–Kier alpha value is -3.54. The van der Waals surface area contributed by atoms with E-state index in [0.717, 1.165) is 38.3 Å². The van der Waals surface area contributed by atoms with Gasteiger partial charge in [0.25, 0.3) is 0 Å². The maximum absolute atomic E-state index is 6.49. The summed E-state index contributed by atoms with van der Waals surface area (Å²) in [6.45, 7) is 8.36. The van der Waals surface area contributed by atoms with Gasteiger partial charge >= 0.3 is 7.12 Å². The number of para-hydroxylation sites is 2. The Kier molecular flexibility index (Phi) is 3.48. The topological polar surface area (TPSA) is 36.0 Å². The lowest BCUT2D eigenvalue weighted by Gasteiger charge is -2.32. The van der Waals surface area contributed by atoms with E-state index < -0.39 is 18.3 Å². The summed E-state index contributed by atoms with van der Waals surface area (Å²) >= 11 is 0. The van der Waals surface area contributed by atoms with E-state index in [2.05, 4.69) is 105 Å². The van der Waals surface area contributed by atoms with Gasteiger partial charge in [0.1, 0.15) is 11.2 Å². The van der Waals surface area contributed by atoms with Crippen LogP contribution in [-0.4, -0.2) is 22.7 Å². The molecule has 1 saturated heterocycles. The molecule has 0 aliphatic carbocycles. The van der Waals surface area contributed by atoms with E-state index in [4.69, 9.17) is 13.7 Å². The zero-order valence-electron chi connectivity index (χ0n) is 20.2. The Balaban J connectivity index is 1.61. The number of benzene rings is 4. The van der Waals surface area contributed by atoms with Gasteiger partial charge in [-0.25, -0.2) is 0 Å². The van der Waals surface area contributed by atoms with Crippen molar-refractivity contribution in [2.75, 3.05) is 0 Å². The fourth-order valence-corrected chi connectivity index (χ4v) is 5.95. The molecule has 3 aromatic heterocycles. The molecule has 0 bridgehead atoms. The summed E-state index contributed by atoms with van der Waals surface area (Å²) in [7, 11) is -0.457. The van der Waals surface area contributed by atoms with Gasteiger partial charge in [0.15, 0.2) is 0 Å².